The van der Waals surface area contributed by atoms with Gasteiger partial charge < -0.3 is 9.47 Å². The van der Waals surface area contributed by atoms with Crippen LogP contribution in [0.2, 0.25) is 0 Å². The highest BCUT2D eigenvalue weighted by Gasteiger charge is 2.20. The van der Waals surface area contributed by atoms with Gasteiger partial charge in [0, 0.05) is 12.3 Å². The number of nitrogens with zero attached hydrogens (tertiary/aromatic N) is 1. The van der Waals surface area contributed by atoms with Crippen molar-refractivity contribution in [2.75, 3.05) is 6.61 Å². The van der Waals surface area contributed by atoms with Crippen molar-refractivity contribution in [1.82, 2.24) is 4.40 Å². The number of esters is 1. The van der Waals surface area contributed by atoms with Crippen molar-refractivity contribution in [2.45, 2.75) is 27.4 Å². The monoisotopic (exact) mass is 377 g/mol. The number of carbonyl (C=O) groups is 1. The third kappa shape index (κ3) is 3.49. The molecule has 7 heteroatoms. The Hall–Kier alpha value is -2.96. The zero-order valence-electron chi connectivity index (χ0n) is 15.1. The fraction of sp³-hybridized carbons (Fsp3) is 0.250. The van der Waals surface area contributed by atoms with Crippen LogP contribution in [0.25, 0.3) is 5.52 Å². The van der Waals surface area contributed by atoms with Gasteiger partial charge in [0.1, 0.15) is 12.4 Å². The van der Waals surface area contributed by atoms with Gasteiger partial charge in [0.05, 0.1) is 23.3 Å². The number of carbonyl (C=O) groups excluding carboxylic acids is 1. The molecule has 2 heterocycles. The molecule has 0 fully saturated rings. The number of aryl methyl sites for hydroxylation is 2. The number of hydrogen-bond donors (Lipinski definition) is 0. The molecule has 0 amide bonds. The first-order chi connectivity index (χ1) is 12.8. The van der Waals surface area contributed by atoms with Gasteiger partial charge in [-0.1, -0.05) is 0 Å². The maximum atomic E-state index is 13.9. The molecule has 4 nitrogen and oxygen atoms in total. The number of benzene rings is 1. The van der Waals surface area contributed by atoms with Gasteiger partial charge in [0.25, 0.3) is 0 Å². The summed E-state index contributed by atoms with van der Waals surface area (Å²) in [6.45, 7) is 5.01. The van der Waals surface area contributed by atoms with Crippen molar-refractivity contribution in [1.29, 1.82) is 0 Å². The third-order valence-electron chi connectivity index (χ3n) is 4.17. The van der Waals surface area contributed by atoms with E-state index in [2.05, 4.69) is 0 Å². The molecule has 2 aromatic heterocycles. The second-order valence-corrected chi connectivity index (χ2v) is 6.14. The maximum Gasteiger partial charge on any atom is 0.340 e. The molecule has 1 aromatic carbocycles. The molecule has 27 heavy (non-hydrogen) atoms. The second-order valence-electron chi connectivity index (χ2n) is 6.14. The normalized spacial score (nSPS) is 11.0. The van der Waals surface area contributed by atoms with Gasteiger partial charge in [-0.15, -0.1) is 0 Å². The molecule has 0 atom stereocenters. The fourth-order valence-electron chi connectivity index (χ4n) is 2.92. The molecule has 0 aliphatic carbocycles. The van der Waals surface area contributed by atoms with E-state index in [4.69, 9.17) is 9.47 Å². The second kappa shape index (κ2) is 7.34. The van der Waals surface area contributed by atoms with Crippen molar-refractivity contribution in [3.63, 3.8) is 0 Å². The Labute approximate surface area is 154 Å². The zero-order valence-corrected chi connectivity index (χ0v) is 15.1. The summed E-state index contributed by atoms with van der Waals surface area (Å²) in [4.78, 5) is 12.3. The van der Waals surface area contributed by atoms with Crippen LogP contribution < -0.4 is 4.74 Å². The lowest BCUT2D eigenvalue weighted by molar-refractivity contribution is 0.0528. The van der Waals surface area contributed by atoms with Crippen LogP contribution in [0.3, 0.4) is 0 Å². The van der Waals surface area contributed by atoms with Gasteiger partial charge >= 0.3 is 5.97 Å². The van der Waals surface area contributed by atoms with Gasteiger partial charge in [-0.3, -0.25) is 4.40 Å². The summed E-state index contributed by atoms with van der Waals surface area (Å²) in [5, 5.41) is 0. The summed E-state index contributed by atoms with van der Waals surface area (Å²) in [5.41, 5.74) is 1.90. The Kier molecular flexibility index (Phi) is 5.12. The molecule has 0 N–H and O–H groups in total. The van der Waals surface area contributed by atoms with Crippen LogP contribution in [0.15, 0.2) is 30.5 Å². The van der Waals surface area contributed by atoms with Gasteiger partial charge in [0.2, 0.25) is 0 Å². The van der Waals surface area contributed by atoms with E-state index < -0.39 is 35.6 Å². The predicted octanol–water partition coefficient (Wildman–Crippen LogP) is 4.73. The summed E-state index contributed by atoms with van der Waals surface area (Å²) < 4.78 is 53.3. The Morgan fingerprint density at radius 3 is 2.52 bits per heavy atom. The van der Waals surface area contributed by atoms with E-state index in [0.717, 1.165) is 17.7 Å². The smallest absolute Gasteiger partial charge is 0.340 e. The first-order valence-corrected chi connectivity index (χ1v) is 8.38. The van der Waals surface area contributed by atoms with Crippen LogP contribution in [0.1, 0.15) is 34.0 Å². The molecule has 0 aliphatic rings. The molecule has 0 saturated heterocycles. The van der Waals surface area contributed by atoms with Crippen LogP contribution in [-0.2, 0) is 11.3 Å². The Bertz CT molecular complexity index is 1030. The number of fused-ring (bicyclic) bond motifs is 1. The number of ether oxygens (including phenoxy) is 2. The molecule has 0 spiro atoms. The lowest BCUT2D eigenvalue weighted by atomic mass is 10.1. The molecule has 3 aromatic rings. The number of halogens is 3. The number of hydrogen-bond acceptors (Lipinski definition) is 3. The molecule has 0 unspecified atom stereocenters. The molecular formula is C20H18F3NO3. The van der Waals surface area contributed by atoms with Crippen molar-refractivity contribution >= 4 is 11.5 Å². The predicted molar refractivity (Wildman–Crippen MR) is 93.5 cm³/mol. The zero-order chi connectivity index (χ0) is 19.7. The molecule has 0 aliphatic heterocycles. The van der Waals surface area contributed by atoms with E-state index in [1.807, 2.05) is 0 Å². The van der Waals surface area contributed by atoms with E-state index in [1.165, 1.54) is 0 Å². The van der Waals surface area contributed by atoms with Gasteiger partial charge in [-0.25, -0.2) is 18.0 Å². The fourth-order valence-corrected chi connectivity index (χ4v) is 2.92. The largest absolute Gasteiger partial charge is 0.473 e. The van der Waals surface area contributed by atoms with Crippen LogP contribution in [0.4, 0.5) is 13.2 Å². The van der Waals surface area contributed by atoms with Crippen molar-refractivity contribution in [2.24, 2.45) is 0 Å². The van der Waals surface area contributed by atoms with Crippen molar-refractivity contribution in [3.8, 4) is 5.88 Å². The lowest BCUT2D eigenvalue weighted by Gasteiger charge is -2.12. The van der Waals surface area contributed by atoms with E-state index >= 15 is 0 Å². The number of aromatic nitrogens is 1. The Balaban J connectivity index is 2.02. The minimum atomic E-state index is -1.28. The van der Waals surface area contributed by atoms with E-state index in [1.54, 1.807) is 43.5 Å². The van der Waals surface area contributed by atoms with Gasteiger partial charge in [-0.2, -0.15) is 0 Å². The van der Waals surface area contributed by atoms with Gasteiger partial charge in [-0.05, 0) is 50.1 Å². The molecule has 0 saturated carbocycles. The number of rotatable bonds is 5. The van der Waals surface area contributed by atoms with Gasteiger partial charge in [0.15, 0.2) is 17.5 Å². The van der Waals surface area contributed by atoms with E-state index in [9.17, 15) is 18.0 Å². The molecule has 3 rings (SSSR count). The number of pyridine rings is 1. The van der Waals surface area contributed by atoms with Crippen LogP contribution >= 0.6 is 0 Å². The van der Waals surface area contributed by atoms with Crippen LogP contribution in [0, 0.1) is 31.3 Å². The molecule has 0 radical (unpaired) electrons. The van der Waals surface area contributed by atoms with Crippen molar-refractivity contribution < 1.29 is 27.4 Å². The average Bonchev–Trinajstić information content (AvgIpc) is 2.94. The first-order valence-electron chi connectivity index (χ1n) is 8.38. The maximum absolute atomic E-state index is 13.9. The molecule has 142 valence electrons. The van der Waals surface area contributed by atoms with Crippen molar-refractivity contribution in [3.05, 3.63) is 70.2 Å². The first kappa shape index (κ1) is 18.8. The third-order valence-corrected chi connectivity index (χ3v) is 4.17. The highest BCUT2D eigenvalue weighted by atomic mass is 19.2. The lowest BCUT2D eigenvalue weighted by Crippen LogP contribution is -2.07. The van der Waals surface area contributed by atoms with Crippen LogP contribution in [-0.4, -0.2) is 17.0 Å². The quantitative estimate of drug-likeness (QED) is 0.477. The minimum Gasteiger partial charge on any atom is -0.473 e. The van der Waals surface area contributed by atoms with E-state index in [0.29, 0.717) is 16.6 Å². The summed E-state index contributed by atoms with van der Waals surface area (Å²) in [6.07, 6.45) is 1.68. The minimum absolute atomic E-state index is 0.239. The highest BCUT2D eigenvalue weighted by Crippen LogP contribution is 2.27. The summed E-state index contributed by atoms with van der Waals surface area (Å²) in [6, 6.07) is 5.02. The summed E-state index contributed by atoms with van der Waals surface area (Å²) >= 11 is 0. The van der Waals surface area contributed by atoms with E-state index in [-0.39, 0.29) is 12.5 Å². The Morgan fingerprint density at radius 2 is 1.81 bits per heavy atom. The molecule has 0 bridgehead atoms. The summed E-state index contributed by atoms with van der Waals surface area (Å²) in [5.74, 6) is -3.52. The highest BCUT2D eigenvalue weighted by molar-refractivity contribution is 5.99. The average molecular weight is 377 g/mol. The SMILES string of the molecule is CCOC(=O)c1c(C)cn2c(OCc3c(F)ccc(F)c3F)cc(C)cc12. The summed E-state index contributed by atoms with van der Waals surface area (Å²) in [7, 11) is 0. The van der Waals surface area contributed by atoms with Crippen LogP contribution in [0.5, 0.6) is 5.88 Å². The standard InChI is InChI=1S/C20H18F3NO3/c1-4-26-20(25)18-12(3)9-24-16(18)7-11(2)8-17(24)27-10-13-14(21)5-6-15(22)19(13)23/h5-9H,4,10H2,1-3H3. The Morgan fingerprint density at radius 1 is 1.11 bits per heavy atom. The topological polar surface area (TPSA) is 39.9 Å². The molecular weight excluding hydrogens is 359 g/mol.